The molecule has 3 N–H and O–H groups in total. The molecule has 1 aliphatic rings. The zero-order valence-corrected chi connectivity index (χ0v) is 14.5. The molecule has 0 aromatic rings. The molecule has 0 atom stereocenters. The molecule has 0 spiro atoms. The van der Waals surface area contributed by atoms with Crippen LogP contribution < -0.4 is 0 Å². The van der Waals surface area contributed by atoms with Gasteiger partial charge in [0.25, 0.3) is 0 Å². The third kappa shape index (κ3) is 32.8. The largest absolute Gasteiger partial charge is 0.466 e. The van der Waals surface area contributed by atoms with Gasteiger partial charge in [-0.1, -0.05) is 26.7 Å². The van der Waals surface area contributed by atoms with E-state index in [1.807, 2.05) is 0 Å². The van der Waals surface area contributed by atoms with E-state index in [2.05, 4.69) is 36.0 Å². The lowest BCUT2D eigenvalue weighted by Gasteiger charge is -2.20. The summed E-state index contributed by atoms with van der Waals surface area (Å²) in [5, 5.41) is 0. The maximum absolute atomic E-state index is 8.88. The first-order valence-electron chi connectivity index (χ1n) is 6.31. The SMILES string of the molecule is CCCCN1C=CN(CCCC)C1.F.F.F.F.F.F.O=P(O)(O)O. The summed E-state index contributed by atoms with van der Waals surface area (Å²) in [5.41, 5.74) is 0. The Hall–Kier alpha value is -0.970. The van der Waals surface area contributed by atoms with Crippen LogP contribution in [0.1, 0.15) is 39.5 Å². The van der Waals surface area contributed by atoms with Crippen LogP contribution in [0.25, 0.3) is 0 Å². The summed E-state index contributed by atoms with van der Waals surface area (Å²) >= 11 is 0. The summed E-state index contributed by atoms with van der Waals surface area (Å²) in [6, 6.07) is 0. The predicted molar refractivity (Wildman–Crippen MR) is 86.5 cm³/mol. The van der Waals surface area contributed by atoms with E-state index in [1.54, 1.807) is 0 Å². The molecule has 0 bridgehead atoms. The van der Waals surface area contributed by atoms with Gasteiger partial charge in [0.05, 0.1) is 6.67 Å². The summed E-state index contributed by atoms with van der Waals surface area (Å²) in [5.74, 6) is 0. The molecule has 24 heavy (non-hydrogen) atoms. The van der Waals surface area contributed by atoms with Gasteiger partial charge in [0.15, 0.2) is 0 Å². The monoisotopic (exact) mass is 400 g/mol. The van der Waals surface area contributed by atoms with Gasteiger partial charge in [-0.3, -0.25) is 28.2 Å². The minimum absolute atomic E-state index is 0. The number of rotatable bonds is 6. The molecule has 0 radical (unpaired) electrons. The average molecular weight is 400 g/mol. The van der Waals surface area contributed by atoms with Crippen LogP contribution in [0.5, 0.6) is 0 Å². The Morgan fingerprint density at radius 1 is 0.792 bits per heavy atom. The molecule has 0 unspecified atom stereocenters. The number of unbranched alkanes of at least 4 members (excludes halogenated alkanes) is 2. The molecule has 6 nitrogen and oxygen atoms in total. The molecule has 0 saturated carbocycles. The van der Waals surface area contributed by atoms with Gasteiger partial charge in [0, 0.05) is 25.5 Å². The van der Waals surface area contributed by atoms with E-state index in [1.165, 1.54) is 38.8 Å². The van der Waals surface area contributed by atoms with Crippen LogP contribution in [0.3, 0.4) is 0 Å². The molecule has 13 heteroatoms. The van der Waals surface area contributed by atoms with Gasteiger partial charge < -0.3 is 24.5 Å². The molecular formula is C11H31F6N2O4P. The molecule has 1 heterocycles. The number of phosphoric acid groups is 1. The van der Waals surface area contributed by atoms with Crippen LogP contribution in [0.2, 0.25) is 0 Å². The highest BCUT2D eigenvalue weighted by Crippen LogP contribution is 2.25. The minimum atomic E-state index is -4.64. The minimum Gasteiger partial charge on any atom is -0.359 e. The van der Waals surface area contributed by atoms with Crippen molar-refractivity contribution in [3.63, 3.8) is 0 Å². The van der Waals surface area contributed by atoms with Crippen molar-refractivity contribution in [2.24, 2.45) is 0 Å². The second kappa shape index (κ2) is 24.3. The van der Waals surface area contributed by atoms with E-state index in [-0.39, 0.29) is 28.2 Å². The normalized spacial score (nSPS) is 11.0. The molecular weight excluding hydrogens is 369 g/mol. The van der Waals surface area contributed by atoms with Crippen molar-refractivity contribution in [2.75, 3.05) is 19.8 Å². The lowest BCUT2D eigenvalue weighted by Crippen LogP contribution is -2.26. The molecule has 0 fully saturated rings. The molecule has 0 aromatic carbocycles. The van der Waals surface area contributed by atoms with Crippen molar-refractivity contribution in [1.29, 1.82) is 0 Å². The Bertz CT molecular complexity index is 275. The second-order valence-corrected chi connectivity index (χ2v) is 5.31. The highest BCUT2D eigenvalue weighted by molar-refractivity contribution is 7.45. The smallest absolute Gasteiger partial charge is 0.359 e. The van der Waals surface area contributed by atoms with E-state index < -0.39 is 7.82 Å². The standard InChI is InChI=1S/C11H22N2.6FH.H3O4P/c1-3-5-7-12-9-10-13(11-12)8-6-4-2;;;;;;;1-5(2,3)4/h9-10H,3-8,11H2,1-2H3;6*1H;(H3,1,2,3,4). The summed E-state index contributed by atoms with van der Waals surface area (Å²) in [7, 11) is -4.64. The van der Waals surface area contributed by atoms with Gasteiger partial charge in [0.2, 0.25) is 0 Å². The van der Waals surface area contributed by atoms with E-state index in [0.717, 1.165) is 6.67 Å². The number of hydrogen-bond donors (Lipinski definition) is 3. The molecule has 156 valence electrons. The number of nitrogens with zero attached hydrogens (tertiary/aromatic N) is 2. The molecule has 0 aliphatic carbocycles. The van der Waals surface area contributed by atoms with Gasteiger partial charge in [-0.15, -0.1) is 0 Å². The molecule has 1 aliphatic heterocycles. The first kappa shape index (κ1) is 43.5. The Morgan fingerprint density at radius 2 is 1.04 bits per heavy atom. The third-order valence-corrected chi connectivity index (χ3v) is 2.45. The van der Waals surface area contributed by atoms with Gasteiger partial charge in [0.1, 0.15) is 0 Å². The van der Waals surface area contributed by atoms with Crippen molar-refractivity contribution in [1.82, 2.24) is 9.80 Å². The Kier molecular flexibility index (Phi) is 44.0. The predicted octanol–water partition coefficient (Wildman–Crippen LogP) is 2.62. The fourth-order valence-electron chi connectivity index (χ4n) is 1.53. The van der Waals surface area contributed by atoms with E-state index in [4.69, 9.17) is 19.2 Å². The summed E-state index contributed by atoms with van der Waals surface area (Å²) in [6.07, 6.45) is 9.66. The molecule has 0 amide bonds. The van der Waals surface area contributed by atoms with E-state index in [0.29, 0.717) is 0 Å². The lowest BCUT2D eigenvalue weighted by molar-refractivity contribution is 0.260. The average Bonchev–Trinajstić information content (AvgIpc) is 2.69. The first-order valence-corrected chi connectivity index (χ1v) is 7.88. The third-order valence-electron chi connectivity index (χ3n) is 2.45. The Balaban J connectivity index is -0.0000000473. The van der Waals surface area contributed by atoms with E-state index >= 15 is 0 Å². The highest BCUT2D eigenvalue weighted by Gasteiger charge is 2.09. The fourth-order valence-corrected chi connectivity index (χ4v) is 1.53. The summed E-state index contributed by atoms with van der Waals surface area (Å²) in [4.78, 5) is 26.4. The van der Waals surface area contributed by atoms with E-state index in [9.17, 15) is 0 Å². The van der Waals surface area contributed by atoms with Crippen LogP contribution in [0.4, 0.5) is 28.2 Å². The maximum atomic E-state index is 8.88. The quantitative estimate of drug-likeness (QED) is 0.470. The van der Waals surface area contributed by atoms with Crippen LogP contribution in [-0.2, 0) is 4.57 Å². The fraction of sp³-hybridized carbons (Fsp3) is 0.818. The van der Waals surface area contributed by atoms with Gasteiger partial charge in [-0.25, -0.2) is 4.57 Å². The van der Waals surface area contributed by atoms with Crippen molar-refractivity contribution < 1.29 is 47.5 Å². The van der Waals surface area contributed by atoms with Crippen LogP contribution >= 0.6 is 7.82 Å². The molecule has 0 aromatic heterocycles. The van der Waals surface area contributed by atoms with Crippen molar-refractivity contribution >= 4 is 7.82 Å². The maximum Gasteiger partial charge on any atom is 0.466 e. The van der Waals surface area contributed by atoms with Crippen LogP contribution in [0.15, 0.2) is 12.4 Å². The van der Waals surface area contributed by atoms with Gasteiger partial charge in [-0.2, -0.15) is 0 Å². The molecule has 1 rings (SSSR count). The van der Waals surface area contributed by atoms with Crippen molar-refractivity contribution in [3.05, 3.63) is 12.4 Å². The zero-order valence-electron chi connectivity index (χ0n) is 13.6. The highest BCUT2D eigenvalue weighted by atomic mass is 31.2. The lowest BCUT2D eigenvalue weighted by atomic mass is 10.3. The zero-order chi connectivity index (χ0) is 14.0. The number of halogens is 6. The van der Waals surface area contributed by atoms with Crippen LogP contribution in [-0.4, -0.2) is 44.2 Å². The van der Waals surface area contributed by atoms with Crippen molar-refractivity contribution in [3.8, 4) is 0 Å². The topological polar surface area (TPSA) is 84.2 Å². The summed E-state index contributed by atoms with van der Waals surface area (Å²) < 4.78 is 8.88. The second-order valence-electron chi connectivity index (χ2n) is 4.28. The Morgan fingerprint density at radius 3 is 1.25 bits per heavy atom. The first-order chi connectivity index (χ1) is 8.36. The van der Waals surface area contributed by atoms with Crippen molar-refractivity contribution in [2.45, 2.75) is 39.5 Å². The van der Waals surface area contributed by atoms with Gasteiger partial charge in [-0.05, 0) is 12.8 Å². The van der Waals surface area contributed by atoms with Crippen LogP contribution in [0, 0.1) is 0 Å². The number of hydrogen-bond acceptors (Lipinski definition) is 3. The molecule has 0 saturated heterocycles. The summed E-state index contributed by atoms with van der Waals surface area (Å²) in [6.45, 7) is 8.04. The van der Waals surface area contributed by atoms with Gasteiger partial charge >= 0.3 is 7.82 Å². The Labute approximate surface area is 138 Å².